The monoisotopic (exact) mass is 497 g/mol. The van der Waals surface area contributed by atoms with Crippen molar-refractivity contribution in [2.24, 2.45) is 0 Å². The molecule has 0 unspecified atom stereocenters. The van der Waals surface area contributed by atoms with Gasteiger partial charge in [-0.1, -0.05) is 43.7 Å². The summed E-state index contributed by atoms with van der Waals surface area (Å²) in [5.41, 5.74) is 2.54. The Labute approximate surface area is 209 Å². The zero-order valence-corrected chi connectivity index (χ0v) is 20.2. The normalized spacial score (nSPS) is 12.8. The molecular weight excluding hydrogens is 465 g/mol. The molecule has 2 atom stereocenters. The van der Waals surface area contributed by atoms with E-state index in [-0.39, 0.29) is 31.0 Å². The van der Waals surface area contributed by atoms with Gasteiger partial charge in [-0.05, 0) is 49.1 Å². The second-order valence-corrected chi connectivity index (χ2v) is 8.74. The molecule has 1 heterocycles. The lowest BCUT2D eigenvalue weighted by Gasteiger charge is -2.17. The molecule has 192 valence electrons. The Bertz CT molecular complexity index is 1150. The van der Waals surface area contributed by atoms with Crippen molar-refractivity contribution in [2.45, 2.75) is 64.3 Å². The molecule has 0 saturated carbocycles. The highest BCUT2D eigenvalue weighted by Crippen LogP contribution is 2.25. The first-order chi connectivity index (χ1) is 17.3. The lowest BCUT2D eigenvalue weighted by molar-refractivity contribution is -0.139. The fourth-order valence-corrected chi connectivity index (χ4v) is 4.08. The summed E-state index contributed by atoms with van der Waals surface area (Å²) in [6, 6.07) is 15.3. The molecule has 0 radical (unpaired) electrons. The Morgan fingerprint density at radius 2 is 1.75 bits per heavy atom. The topological polar surface area (TPSA) is 125 Å². The summed E-state index contributed by atoms with van der Waals surface area (Å²) in [6.07, 6.45) is -1.13. The lowest BCUT2D eigenvalue weighted by Crippen LogP contribution is -2.25. The van der Waals surface area contributed by atoms with E-state index in [2.05, 4.69) is 10.3 Å². The van der Waals surface area contributed by atoms with Crippen LogP contribution in [0, 0.1) is 5.82 Å². The van der Waals surface area contributed by atoms with Crippen LogP contribution in [0.1, 0.15) is 54.4 Å². The SMILES string of the molecule is CCCc1c(C(=O)NCc2ccccc2)nc(-c2ccc(F)cc2)n1CC[C@@H](O)C[C@@H](O)CC(=O)O. The number of hydrogen-bond donors (Lipinski definition) is 4. The third kappa shape index (κ3) is 7.47. The quantitative estimate of drug-likeness (QED) is 0.286. The van der Waals surface area contributed by atoms with Crippen molar-refractivity contribution in [3.63, 3.8) is 0 Å². The molecule has 0 saturated heterocycles. The molecule has 0 fully saturated rings. The number of amides is 1. The Kier molecular flexibility index (Phi) is 9.72. The van der Waals surface area contributed by atoms with E-state index >= 15 is 0 Å². The van der Waals surface area contributed by atoms with Crippen LogP contribution in [-0.4, -0.2) is 49.0 Å². The number of aliphatic carboxylic acids is 1. The molecular formula is C27H32FN3O5. The second kappa shape index (κ2) is 12.9. The van der Waals surface area contributed by atoms with Crippen LogP contribution in [0.25, 0.3) is 11.4 Å². The second-order valence-electron chi connectivity index (χ2n) is 8.74. The van der Waals surface area contributed by atoms with Gasteiger partial charge in [-0.2, -0.15) is 0 Å². The maximum Gasteiger partial charge on any atom is 0.305 e. The van der Waals surface area contributed by atoms with Crippen LogP contribution >= 0.6 is 0 Å². The number of nitrogens with zero attached hydrogens (tertiary/aromatic N) is 2. The number of imidazole rings is 1. The smallest absolute Gasteiger partial charge is 0.305 e. The summed E-state index contributed by atoms with van der Waals surface area (Å²) in [5, 5.41) is 32.0. The third-order valence-corrected chi connectivity index (χ3v) is 5.81. The zero-order valence-electron chi connectivity index (χ0n) is 20.2. The van der Waals surface area contributed by atoms with Crippen LogP contribution in [0.3, 0.4) is 0 Å². The van der Waals surface area contributed by atoms with Crippen molar-refractivity contribution in [1.29, 1.82) is 0 Å². The number of hydrogen-bond acceptors (Lipinski definition) is 5. The van der Waals surface area contributed by atoms with Gasteiger partial charge < -0.3 is 25.2 Å². The molecule has 0 aliphatic carbocycles. The number of carbonyl (C=O) groups excluding carboxylic acids is 1. The van der Waals surface area contributed by atoms with Gasteiger partial charge in [-0.15, -0.1) is 0 Å². The first-order valence-corrected chi connectivity index (χ1v) is 12.0. The number of carbonyl (C=O) groups is 2. The molecule has 3 rings (SSSR count). The van der Waals surface area contributed by atoms with Gasteiger partial charge in [-0.25, -0.2) is 9.37 Å². The van der Waals surface area contributed by atoms with Crippen LogP contribution in [0.4, 0.5) is 4.39 Å². The van der Waals surface area contributed by atoms with Crippen molar-refractivity contribution >= 4 is 11.9 Å². The van der Waals surface area contributed by atoms with Crippen LogP contribution in [0.15, 0.2) is 54.6 Å². The van der Waals surface area contributed by atoms with Gasteiger partial charge in [0.25, 0.3) is 5.91 Å². The number of halogens is 1. The van der Waals surface area contributed by atoms with Crippen LogP contribution in [-0.2, 0) is 24.3 Å². The largest absolute Gasteiger partial charge is 0.481 e. The maximum atomic E-state index is 13.6. The minimum Gasteiger partial charge on any atom is -0.481 e. The molecule has 0 aliphatic rings. The fourth-order valence-electron chi connectivity index (χ4n) is 4.08. The summed E-state index contributed by atoms with van der Waals surface area (Å²) in [6.45, 7) is 2.60. The van der Waals surface area contributed by atoms with E-state index in [4.69, 9.17) is 5.11 Å². The zero-order chi connectivity index (χ0) is 26.1. The van der Waals surface area contributed by atoms with Crippen LogP contribution in [0.5, 0.6) is 0 Å². The van der Waals surface area contributed by atoms with E-state index < -0.39 is 30.4 Å². The van der Waals surface area contributed by atoms with Gasteiger partial charge in [0.05, 0.1) is 24.3 Å². The third-order valence-electron chi connectivity index (χ3n) is 5.81. The molecule has 1 amide bonds. The lowest BCUT2D eigenvalue weighted by atomic mass is 10.1. The first-order valence-electron chi connectivity index (χ1n) is 12.0. The number of carboxylic acids is 1. The summed E-state index contributed by atoms with van der Waals surface area (Å²) < 4.78 is 15.4. The van der Waals surface area contributed by atoms with Gasteiger partial charge in [-0.3, -0.25) is 9.59 Å². The molecule has 2 aromatic carbocycles. The Balaban J connectivity index is 1.88. The predicted octanol–water partition coefficient (Wildman–Crippen LogP) is 3.55. The summed E-state index contributed by atoms with van der Waals surface area (Å²) in [5.74, 6) is -1.39. The van der Waals surface area contributed by atoms with E-state index in [1.807, 2.05) is 41.8 Å². The molecule has 1 aromatic heterocycles. The summed E-state index contributed by atoms with van der Waals surface area (Å²) >= 11 is 0. The van der Waals surface area contributed by atoms with E-state index in [0.29, 0.717) is 30.0 Å². The maximum absolute atomic E-state index is 13.6. The average Bonchev–Trinajstić information content (AvgIpc) is 3.20. The van der Waals surface area contributed by atoms with E-state index in [1.54, 1.807) is 12.1 Å². The number of rotatable bonds is 13. The first kappa shape index (κ1) is 27.0. The number of carboxylic acid groups (broad SMARTS) is 1. The Hall–Kier alpha value is -3.56. The summed E-state index contributed by atoms with van der Waals surface area (Å²) in [4.78, 5) is 28.6. The van der Waals surface area contributed by atoms with Crippen LogP contribution in [0.2, 0.25) is 0 Å². The van der Waals surface area contributed by atoms with Gasteiger partial charge >= 0.3 is 5.97 Å². The van der Waals surface area contributed by atoms with Gasteiger partial charge in [0, 0.05) is 18.7 Å². The minimum absolute atomic E-state index is 0.0829. The van der Waals surface area contributed by atoms with Crippen molar-refractivity contribution in [2.75, 3.05) is 0 Å². The molecule has 0 aliphatic heterocycles. The highest BCUT2D eigenvalue weighted by molar-refractivity contribution is 5.94. The molecule has 8 nitrogen and oxygen atoms in total. The highest BCUT2D eigenvalue weighted by atomic mass is 19.1. The molecule has 0 spiro atoms. The number of aromatic nitrogens is 2. The molecule has 3 aromatic rings. The number of aliphatic hydroxyl groups excluding tert-OH is 2. The van der Waals surface area contributed by atoms with Crippen LogP contribution < -0.4 is 5.32 Å². The Morgan fingerprint density at radius 3 is 2.39 bits per heavy atom. The Morgan fingerprint density at radius 1 is 1.06 bits per heavy atom. The number of benzene rings is 2. The molecule has 9 heteroatoms. The van der Waals surface area contributed by atoms with Gasteiger partial charge in [0.1, 0.15) is 17.3 Å². The van der Waals surface area contributed by atoms with Crippen molar-refractivity contribution < 1.29 is 29.3 Å². The molecule has 4 N–H and O–H groups in total. The van der Waals surface area contributed by atoms with Crippen molar-refractivity contribution in [3.8, 4) is 11.4 Å². The van der Waals surface area contributed by atoms with Crippen molar-refractivity contribution in [3.05, 3.63) is 77.4 Å². The van der Waals surface area contributed by atoms with Gasteiger partial charge in [0.2, 0.25) is 0 Å². The predicted molar refractivity (Wildman–Crippen MR) is 133 cm³/mol. The standard InChI is InChI=1S/C27H32FN3O5/c1-2-6-23-25(27(36)29-17-18-7-4-3-5-8-18)30-26(19-9-11-20(28)12-10-19)31(23)14-13-21(32)15-22(33)16-24(34)35/h3-5,7-12,21-22,32-33H,2,6,13-17H2,1H3,(H,29,36)(H,34,35)/t21-,22-/m1/s1. The molecule has 36 heavy (non-hydrogen) atoms. The highest BCUT2D eigenvalue weighted by Gasteiger charge is 2.24. The minimum atomic E-state index is -1.16. The van der Waals surface area contributed by atoms with E-state index in [9.17, 15) is 24.2 Å². The number of nitrogens with one attached hydrogen (secondary N) is 1. The number of aliphatic hydroxyl groups is 2. The summed E-state index contributed by atoms with van der Waals surface area (Å²) in [7, 11) is 0. The average molecular weight is 498 g/mol. The van der Waals surface area contributed by atoms with E-state index in [1.165, 1.54) is 12.1 Å². The van der Waals surface area contributed by atoms with Gasteiger partial charge in [0.15, 0.2) is 0 Å². The fraction of sp³-hybridized carbons (Fsp3) is 0.370. The molecule has 0 bridgehead atoms. The van der Waals surface area contributed by atoms with Crippen molar-refractivity contribution in [1.82, 2.24) is 14.9 Å². The van der Waals surface area contributed by atoms with E-state index in [0.717, 1.165) is 12.0 Å².